The number of sulfonamides is 1. The van der Waals surface area contributed by atoms with Crippen molar-refractivity contribution in [3.63, 3.8) is 0 Å². The predicted octanol–water partition coefficient (Wildman–Crippen LogP) is 0.241. The van der Waals surface area contributed by atoms with E-state index in [1.54, 1.807) is 18.2 Å². The molecule has 0 saturated heterocycles. The van der Waals surface area contributed by atoms with Crippen LogP contribution in [0.1, 0.15) is 0 Å². The standard InChI is InChI=1S/C13H18N2O5S2/c1-15(22(19,20)11-5-3-2-4-6-11)9-12(16)14-7-8-21-10-13(17)18/h2-6H,7-10H2,1H3,(H,14,16)(H,17,18). The number of amides is 1. The van der Waals surface area contributed by atoms with Crippen molar-refractivity contribution in [2.24, 2.45) is 0 Å². The Morgan fingerprint density at radius 3 is 2.50 bits per heavy atom. The predicted molar refractivity (Wildman–Crippen MR) is 84.2 cm³/mol. The summed E-state index contributed by atoms with van der Waals surface area (Å²) in [5.74, 6) is -0.923. The maximum absolute atomic E-state index is 12.2. The first-order chi connectivity index (χ1) is 10.3. The highest BCUT2D eigenvalue weighted by Gasteiger charge is 2.22. The Balaban J connectivity index is 2.42. The van der Waals surface area contributed by atoms with Crippen molar-refractivity contribution in [3.8, 4) is 0 Å². The van der Waals surface area contributed by atoms with Gasteiger partial charge in [-0.2, -0.15) is 4.31 Å². The van der Waals surface area contributed by atoms with E-state index in [0.29, 0.717) is 5.75 Å². The Morgan fingerprint density at radius 1 is 1.27 bits per heavy atom. The van der Waals surface area contributed by atoms with Crippen molar-refractivity contribution in [2.45, 2.75) is 4.90 Å². The fourth-order valence-electron chi connectivity index (χ4n) is 1.54. The summed E-state index contributed by atoms with van der Waals surface area (Å²) in [7, 11) is -2.36. The van der Waals surface area contributed by atoms with Crippen LogP contribution in [0.15, 0.2) is 35.2 Å². The highest BCUT2D eigenvalue weighted by molar-refractivity contribution is 7.99. The van der Waals surface area contributed by atoms with Gasteiger partial charge in [0.1, 0.15) is 0 Å². The number of benzene rings is 1. The van der Waals surface area contributed by atoms with E-state index in [4.69, 9.17) is 5.11 Å². The summed E-state index contributed by atoms with van der Waals surface area (Å²) in [5.41, 5.74) is 0. The number of hydrogen-bond donors (Lipinski definition) is 2. The number of thioether (sulfide) groups is 1. The van der Waals surface area contributed by atoms with Crippen LogP contribution in [0.4, 0.5) is 0 Å². The molecule has 22 heavy (non-hydrogen) atoms. The van der Waals surface area contributed by atoms with Crippen LogP contribution in [0.25, 0.3) is 0 Å². The van der Waals surface area contributed by atoms with Crippen LogP contribution in [-0.2, 0) is 19.6 Å². The molecule has 0 heterocycles. The average Bonchev–Trinajstić information content (AvgIpc) is 2.47. The summed E-state index contributed by atoms with van der Waals surface area (Å²) in [6, 6.07) is 7.86. The molecule has 0 atom stereocenters. The van der Waals surface area contributed by atoms with Crippen molar-refractivity contribution in [1.29, 1.82) is 0 Å². The first kappa shape index (κ1) is 18.5. The summed E-state index contributed by atoms with van der Waals surface area (Å²) in [6.07, 6.45) is 0. The molecule has 0 fully saturated rings. The monoisotopic (exact) mass is 346 g/mol. The van der Waals surface area contributed by atoms with Gasteiger partial charge < -0.3 is 10.4 Å². The summed E-state index contributed by atoms with van der Waals surface area (Å²) < 4.78 is 25.4. The molecular formula is C13H18N2O5S2. The van der Waals surface area contributed by atoms with Crippen LogP contribution < -0.4 is 5.32 Å². The molecule has 1 amide bonds. The number of likely N-dealkylation sites (N-methyl/N-ethyl adjacent to an activating group) is 1. The zero-order valence-corrected chi connectivity index (χ0v) is 13.7. The lowest BCUT2D eigenvalue weighted by atomic mass is 10.4. The quantitative estimate of drug-likeness (QED) is 0.621. The fraction of sp³-hybridized carbons (Fsp3) is 0.385. The number of nitrogens with zero attached hydrogens (tertiary/aromatic N) is 1. The van der Waals surface area contributed by atoms with Gasteiger partial charge in [-0.3, -0.25) is 9.59 Å². The van der Waals surface area contributed by atoms with Crippen molar-refractivity contribution in [1.82, 2.24) is 9.62 Å². The molecule has 9 heteroatoms. The second-order valence-electron chi connectivity index (χ2n) is 4.37. The second-order valence-corrected chi connectivity index (χ2v) is 7.52. The molecule has 1 rings (SSSR count). The van der Waals surface area contributed by atoms with Crippen molar-refractivity contribution in [3.05, 3.63) is 30.3 Å². The highest BCUT2D eigenvalue weighted by Crippen LogP contribution is 2.12. The summed E-state index contributed by atoms with van der Waals surface area (Å²) in [5, 5.41) is 11.0. The van der Waals surface area contributed by atoms with E-state index in [1.807, 2.05) is 0 Å². The Labute approximate surface area is 133 Å². The van der Waals surface area contributed by atoms with Crippen LogP contribution in [0.5, 0.6) is 0 Å². The Hall–Kier alpha value is -1.58. The summed E-state index contributed by atoms with van der Waals surface area (Å²) in [6.45, 7) is -0.00315. The number of carboxylic acid groups (broad SMARTS) is 1. The minimum absolute atomic E-state index is 0.0296. The average molecular weight is 346 g/mol. The van der Waals surface area contributed by atoms with Gasteiger partial charge in [-0.25, -0.2) is 8.42 Å². The summed E-state index contributed by atoms with van der Waals surface area (Å²) >= 11 is 1.18. The van der Waals surface area contributed by atoms with E-state index in [2.05, 4.69) is 5.32 Å². The van der Waals surface area contributed by atoms with Gasteiger partial charge in [-0.15, -0.1) is 11.8 Å². The lowest BCUT2D eigenvalue weighted by Crippen LogP contribution is -2.39. The molecule has 0 aromatic heterocycles. The van der Waals surface area contributed by atoms with E-state index in [9.17, 15) is 18.0 Å². The number of carboxylic acids is 1. The molecule has 0 aliphatic heterocycles. The third-order valence-corrected chi connectivity index (χ3v) is 5.37. The van der Waals surface area contributed by atoms with Gasteiger partial charge in [0.05, 0.1) is 17.2 Å². The third-order valence-electron chi connectivity index (χ3n) is 2.61. The first-order valence-corrected chi connectivity index (χ1v) is 9.01. The fourth-order valence-corrected chi connectivity index (χ4v) is 3.25. The number of carbonyl (C=O) groups is 2. The van der Waals surface area contributed by atoms with Crippen molar-refractivity contribution in [2.75, 3.05) is 31.6 Å². The summed E-state index contributed by atoms with van der Waals surface area (Å²) in [4.78, 5) is 22.1. The Morgan fingerprint density at radius 2 is 1.91 bits per heavy atom. The van der Waals surface area contributed by atoms with Crippen LogP contribution >= 0.6 is 11.8 Å². The van der Waals surface area contributed by atoms with E-state index in [1.165, 1.54) is 30.9 Å². The van der Waals surface area contributed by atoms with Gasteiger partial charge in [-0.05, 0) is 12.1 Å². The number of nitrogens with one attached hydrogen (secondary N) is 1. The minimum atomic E-state index is -3.69. The molecule has 0 radical (unpaired) electrons. The number of rotatable bonds is 9. The van der Waals surface area contributed by atoms with Crippen LogP contribution in [-0.4, -0.2) is 61.3 Å². The molecule has 0 saturated carbocycles. The maximum Gasteiger partial charge on any atom is 0.313 e. The Bertz CT molecular complexity index is 604. The van der Waals surface area contributed by atoms with E-state index in [-0.39, 0.29) is 23.7 Å². The van der Waals surface area contributed by atoms with Crippen molar-refractivity contribution < 1.29 is 23.1 Å². The molecular weight excluding hydrogens is 328 g/mol. The molecule has 1 aromatic carbocycles. The molecule has 0 bridgehead atoms. The van der Waals surface area contributed by atoms with Crippen molar-refractivity contribution >= 4 is 33.7 Å². The smallest absolute Gasteiger partial charge is 0.313 e. The third kappa shape index (κ3) is 6.04. The van der Waals surface area contributed by atoms with Gasteiger partial charge in [0.15, 0.2) is 0 Å². The zero-order valence-electron chi connectivity index (χ0n) is 12.1. The van der Waals surface area contributed by atoms with Gasteiger partial charge in [0.2, 0.25) is 15.9 Å². The normalized spacial score (nSPS) is 11.4. The maximum atomic E-state index is 12.2. The zero-order chi connectivity index (χ0) is 16.6. The van der Waals surface area contributed by atoms with Gasteiger partial charge >= 0.3 is 5.97 Å². The molecule has 1 aromatic rings. The topological polar surface area (TPSA) is 104 Å². The van der Waals surface area contributed by atoms with Crippen LogP contribution in [0, 0.1) is 0 Å². The van der Waals surface area contributed by atoms with Crippen LogP contribution in [0.3, 0.4) is 0 Å². The van der Waals surface area contributed by atoms with Crippen LogP contribution in [0.2, 0.25) is 0 Å². The molecule has 0 aliphatic rings. The van der Waals surface area contributed by atoms with Gasteiger partial charge in [-0.1, -0.05) is 18.2 Å². The molecule has 7 nitrogen and oxygen atoms in total. The highest BCUT2D eigenvalue weighted by atomic mass is 32.2. The SMILES string of the molecule is CN(CC(=O)NCCSCC(=O)O)S(=O)(=O)c1ccccc1. The molecule has 0 unspecified atom stereocenters. The van der Waals surface area contributed by atoms with E-state index in [0.717, 1.165) is 4.31 Å². The lowest BCUT2D eigenvalue weighted by molar-refractivity contribution is -0.133. The second kappa shape index (κ2) is 8.76. The molecule has 0 aliphatic carbocycles. The Kier molecular flexibility index (Phi) is 7.36. The van der Waals surface area contributed by atoms with E-state index < -0.39 is 21.9 Å². The largest absolute Gasteiger partial charge is 0.481 e. The number of aliphatic carboxylic acids is 1. The molecule has 2 N–H and O–H groups in total. The van der Waals surface area contributed by atoms with E-state index >= 15 is 0 Å². The first-order valence-electron chi connectivity index (χ1n) is 6.41. The minimum Gasteiger partial charge on any atom is -0.481 e. The molecule has 0 spiro atoms. The molecule has 122 valence electrons. The lowest BCUT2D eigenvalue weighted by Gasteiger charge is -2.16. The van der Waals surface area contributed by atoms with Gasteiger partial charge in [0.25, 0.3) is 0 Å². The number of carbonyl (C=O) groups excluding carboxylic acids is 1. The van der Waals surface area contributed by atoms with Gasteiger partial charge in [0, 0.05) is 19.3 Å². The number of hydrogen-bond acceptors (Lipinski definition) is 5.